The van der Waals surface area contributed by atoms with E-state index in [2.05, 4.69) is 40.8 Å². The van der Waals surface area contributed by atoms with Crippen molar-refractivity contribution >= 4 is 34.8 Å². The van der Waals surface area contributed by atoms with E-state index in [9.17, 15) is 0 Å². The molecule has 0 bridgehead atoms. The Balaban J connectivity index is 0.00000218. The summed E-state index contributed by atoms with van der Waals surface area (Å²) < 4.78 is 7.31. The SMILES string of the molecule is CCc1cccc2c(-c3nsc(CN4CCCC4)n3)cn(CC3CCCCC3)c12.Cl. The van der Waals surface area contributed by atoms with Crippen molar-refractivity contribution in [3.05, 3.63) is 35.0 Å². The van der Waals surface area contributed by atoms with Gasteiger partial charge in [0.25, 0.3) is 0 Å². The third-order valence-corrected chi connectivity index (χ3v) is 7.50. The third-order valence-electron chi connectivity index (χ3n) is 6.81. The fourth-order valence-electron chi connectivity index (χ4n) is 5.25. The maximum absolute atomic E-state index is 4.96. The largest absolute Gasteiger partial charge is 0.346 e. The quantitative estimate of drug-likeness (QED) is 0.446. The highest BCUT2D eigenvalue weighted by Crippen LogP contribution is 2.34. The number of nitrogens with zero attached hydrogens (tertiary/aromatic N) is 4. The minimum absolute atomic E-state index is 0. The van der Waals surface area contributed by atoms with Crippen LogP contribution >= 0.6 is 23.9 Å². The molecule has 3 heterocycles. The number of likely N-dealkylation sites (tertiary alicyclic amines) is 1. The molecule has 5 rings (SSSR count). The molecule has 0 spiro atoms. The second-order valence-electron chi connectivity index (χ2n) is 8.86. The summed E-state index contributed by atoms with van der Waals surface area (Å²) in [4.78, 5) is 7.47. The zero-order chi connectivity index (χ0) is 19.6. The monoisotopic (exact) mass is 444 g/mol. The van der Waals surface area contributed by atoms with Gasteiger partial charge in [-0.05, 0) is 68.2 Å². The van der Waals surface area contributed by atoms with Crippen molar-refractivity contribution in [2.24, 2.45) is 5.92 Å². The molecular weight excluding hydrogens is 412 g/mol. The number of benzene rings is 1. The van der Waals surface area contributed by atoms with Gasteiger partial charge in [-0.2, -0.15) is 4.37 Å². The van der Waals surface area contributed by atoms with Gasteiger partial charge in [-0.3, -0.25) is 4.90 Å². The highest BCUT2D eigenvalue weighted by atomic mass is 35.5. The summed E-state index contributed by atoms with van der Waals surface area (Å²) in [6.07, 6.45) is 13.0. The van der Waals surface area contributed by atoms with Crippen LogP contribution in [0.25, 0.3) is 22.3 Å². The first-order valence-electron chi connectivity index (χ1n) is 11.5. The van der Waals surface area contributed by atoms with Crippen LogP contribution in [0, 0.1) is 5.92 Å². The van der Waals surface area contributed by atoms with E-state index in [0.29, 0.717) is 0 Å². The standard InChI is InChI=1S/C24H32N4S.ClH/c1-2-19-11-8-12-20-21(16-28(23(19)20)15-18-9-4-3-5-10-18)24-25-22(29-26-24)17-27-13-6-7-14-27;/h8,11-12,16,18H,2-7,9-10,13-15,17H2,1H3;1H. The van der Waals surface area contributed by atoms with E-state index in [1.54, 1.807) is 11.5 Å². The summed E-state index contributed by atoms with van der Waals surface area (Å²) >= 11 is 1.58. The van der Waals surface area contributed by atoms with Crippen LogP contribution in [0.4, 0.5) is 0 Å². The van der Waals surface area contributed by atoms with Crippen LogP contribution in [0.2, 0.25) is 0 Å². The van der Waals surface area contributed by atoms with Crippen molar-refractivity contribution in [2.45, 2.75) is 71.4 Å². The summed E-state index contributed by atoms with van der Waals surface area (Å²) in [6.45, 7) is 6.77. The molecule has 1 aliphatic carbocycles. The zero-order valence-electron chi connectivity index (χ0n) is 18.0. The molecule has 1 aromatic carbocycles. The topological polar surface area (TPSA) is 34.0 Å². The Kier molecular flexibility index (Phi) is 7.12. The van der Waals surface area contributed by atoms with Crippen molar-refractivity contribution in [2.75, 3.05) is 13.1 Å². The van der Waals surface area contributed by atoms with Gasteiger partial charge in [0, 0.05) is 23.7 Å². The lowest BCUT2D eigenvalue weighted by atomic mass is 9.89. The van der Waals surface area contributed by atoms with Crippen LogP contribution in [0.5, 0.6) is 0 Å². The van der Waals surface area contributed by atoms with Crippen LogP contribution in [0.1, 0.15) is 62.4 Å². The smallest absolute Gasteiger partial charge is 0.175 e. The number of rotatable bonds is 6. The van der Waals surface area contributed by atoms with Gasteiger partial charge in [0.2, 0.25) is 0 Å². The van der Waals surface area contributed by atoms with E-state index in [0.717, 1.165) is 36.3 Å². The van der Waals surface area contributed by atoms with Gasteiger partial charge in [0.15, 0.2) is 5.82 Å². The van der Waals surface area contributed by atoms with Crippen LogP contribution < -0.4 is 0 Å². The molecule has 162 valence electrons. The van der Waals surface area contributed by atoms with Crippen LogP contribution in [0.3, 0.4) is 0 Å². The molecule has 1 saturated carbocycles. The average Bonchev–Trinajstić information content (AvgIpc) is 3.50. The van der Waals surface area contributed by atoms with Crippen LogP contribution in [-0.2, 0) is 19.5 Å². The molecule has 2 aromatic heterocycles. The summed E-state index contributed by atoms with van der Waals surface area (Å²) in [5, 5.41) is 2.48. The lowest BCUT2D eigenvalue weighted by Crippen LogP contribution is -2.18. The van der Waals surface area contributed by atoms with E-state index in [1.807, 2.05) is 0 Å². The number of halogens is 1. The predicted octanol–water partition coefficient (Wildman–Crippen LogP) is 6.32. The van der Waals surface area contributed by atoms with Crippen molar-refractivity contribution in [1.82, 2.24) is 18.8 Å². The first kappa shape index (κ1) is 21.8. The summed E-state index contributed by atoms with van der Waals surface area (Å²) in [5.41, 5.74) is 4.07. The molecule has 0 unspecified atom stereocenters. The number of hydrogen-bond donors (Lipinski definition) is 0. The molecular formula is C24H33ClN4S. The van der Waals surface area contributed by atoms with E-state index in [-0.39, 0.29) is 12.4 Å². The lowest BCUT2D eigenvalue weighted by Gasteiger charge is -2.22. The molecule has 2 fully saturated rings. The van der Waals surface area contributed by atoms with Crippen LogP contribution in [0.15, 0.2) is 24.4 Å². The number of fused-ring (bicyclic) bond motifs is 1. The second-order valence-corrected chi connectivity index (χ2v) is 9.70. The number of hydrogen-bond acceptors (Lipinski definition) is 4. The fraction of sp³-hybridized carbons (Fsp3) is 0.583. The Morgan fingerprint density at radius 3 is 2.63 bits per heavy atom. The Morgan fingerprint density at radius 2 is 1.87 bits per heavy atom. The van der Waals surface area contributed by atoms with E-state index in [1.165, 1.54) is 80.1 Å². The highest BCUT2D eigenvalue weighted by molar-refractivity contribution is 7.05. The maximum atomic E-state index is 4.96. The lowest BCUT2D eigenvalue weighted by molar-refractivity contribution is 0.322. The fourth-order valence-corrected chi connectivity index (χ4v) is 5.95. The van der Waals surface area contributed by atoms with Crippen molar-refractivity contribution in [3.8, 4) is 11.4 Å². The van der Waals surface area contributed by atoms with Gasteiger partial charge in [0.1, 0.15) is 5.01 Å². The number of aryl methyl sites for hydroxylation is 1. The maximum Gasteiger partial charge on any atom is 0.175 e. The Bertz CT molecular complexity index is 967. The van der Waals surface area contributed by atoms with E-state index < -0.39 is 0 Å². The molecule has 0 N–H and O–H groups in total. The van der Waals surface area contributed by atoms with Gasteiger partial charge in [0.05, 0.1) is 12.1 Å². The van der Waals surface area contributed by atoms with Crippen molar-refractivity contribution in [3.63, 3.8) is 0 Å². The predicted molar refractivity (Wildman–Crippen MR) is 129 cm³/mol. The summed E-state index contributed by atoms with van der Waals surface area (Å²) in [5.74, 6) is 1.73. The molecule has 1 saturated heterocycles. The molecule has 0 radical (unpaired) electrons. The second kappa shape index (κ2) is 9.80. The van der Waals surface area contributed by atoms with Crippen LogP contribution in [-0.4, -0.2) is 31.9 Å². The first-order valence-corrected chi connectivity index (χ1v) is 12.2. The minimum Gasteiger partial charge on any atom is -0.346 e. The molecule has 0 atom stereocenters. The first-order chi connectivity index (χ1) is 14.3. The highest BCUT2D eigenvalue weighted by Gasteiger charge is 2.21. The van der Waals surface area contributed by atoms with E-state index >= 15 is 0 Å². The summed E-state index contributed by atoms with van der Waals surface area (Å²) in [7, 11) is 0. The average molecular weight is 445 g/mol. The molecule has 3 aromatic rings. The molecule has 6 heteroatoms. The molecule has 2 aliphatic rings. The molecule has 0 amide bonds. The Hall–Kier alpha value is -1.43. The van der Waals surface area contributed by atoms with Gasteiger partial charge < -0.3 is 4.57 Å². The molecule has 4 nitrogen and oxygen atoms in total. The third kappa shape index (κ3) is 4.44. The van der Waals surface area contributed by atoms with Crippen molar-refractivity contribution in [1.29, 1.82) is 0 Å². The van der Waals surface area contributed by atoms with Gasteiger partial charge in [-0.25, -0.2) is 4.98 Å². The van der Waals surface area contributed by atoms with Gasteiger partial charge in [-0.15, -0.1) is 12.4 Å². The number of aromatic nitrogens is 3. The zero-order valence-corrected chi connectivity index (χ0v) is 19.6. The van der Waals surface area contributed by atoms with Crippen molar-refractivity contribution < 1.29 is 0 Å². The Labute approximate surface area is 190 Å². The molecule has 30 heavy (non-hydrogen) atoms. The minimum atomic E-state index is 0. The van der Waals surface area contributed by atoms with Gasteiger partial charge in [-0.1, -0.05) is 44.4 Å². The summed E-state index contributed by atoms with van der Waals surface area (Å²) in [6, 6.07) is 6.76. The van der Waals surface area contributed by atoms with Gasteiger partial charge >= 0.3 is 0 Å². The van der Waals surface area contributed by atoms with E-state index in [4.69, 9.17) is 9.36 Å². The Morgan fingerprint density at radius 1 is 1.07 bits per heavy atom. The normalized spacial score (nSPS) is 18.2. The number of para-hydroxylation sites is 1. The molecule has 1 aliphatic heterocycles.